The van der Waals surface area contributed by atoms with Crippen molar-refractivity contribution >= 4 is 5.91 Å². The number of para-hydroxylation sites is 1. The molecular formula is C19H28N2O2. The first kappa shape index (κ1) is 16.3. The Bertz CT molecular complexity index is 552. The monoisotopic (exact) mass is 316 g/mol. The SMILES string of the molecule is COc1ccccc1C(C)NC(=O)CN(C1CC1)C(C)C1CC1. The molecule has 126 valence electrons. The van der Waals surface area contributed by atoms with Gasteiger partial charge in [-0.3, -0.25) is 9.69 Å². The summed E-state index contributed by atoms with van der Waals surface area (Å²) in [6, 6.07) is 8.98. The van der Waals surface area contributed by atoms with E-state index in [2.05, 4.69) is 17.1 Å². The molecule has 0 bridgehead atoms. The van der Waals surface area contributed by atoms with Gasteiger partial charge in [-0.05, 0) is 51.5 Å². The van der Waals surface area contributed by atoms with Crippen LogP contribution in [0.2, 0.25) is 0 Å². The van der Waals surface area contributed by atoms with Crippen LogP contribution < -0.4 is 10.1 Å². The Labute approximate surface area is 139 Å². The zero-order valence-corrected chi connectivity index (χ0v) is 14.4. The predicted octanol–water partition coefficient (Wildman–Crippen LogP) is 3.14. The maximum absolute atomic E-state index is 12.5. The molecule has 2 fully saturated rings. The zero-order valence-electron chi connectivity index (χ0n) is 14.4. The highest BCUT2D eigenvalue weighted by molar-refractivity contribution is 5.78. The number of methoxy groups -OCH3 is 1. The van der Waals surface area contributed by atoms with Gasteiger partial charge in [0.2, 0.25) is 5.91 Å². The van der Waals surface area contributed by atoms with E-state index in [0.29, 0.717) is 18.6 Å². The van der Waals surface area contributed by atoms with Gasteiger partial charge >= 0.3 is 0 Å². The maximum Gasteiger partial charge on any atom is 0.234 e. The molecule has 1 aromatic carbocycles. The van der Waals surface area contributed by atoms with Crippen LogP contribution in [0.25, 0.3) is 0 Å². The molecule has 3 rings (SSSR count). The summed E-state index contributed by atoms with van der Waals surface area (Å²) in [5.74, 6) is 1.74. The smallest absolute Gasteiger partial charge is 0.234 e. The molecule has 1 N–H and O–H groups in total. The Hall–Kier alpha value is -1.55. The standard InChI is InChI=1S/C19H28N2O2/c1-13(17-6-4-5-7-18(17)23-3)20-19(22)12-21(16-10-11-16)14(2)15-8-9-15/h4-7,13-16H,8-12H2,1-3H3,(H,20,22). The topological polar surface area (TPSA) is 41.6 Å². The molecule has 0 saturated heterocycles. The lowest BCUT2D eigenvalue weighted by molar-refractivity contribution is -0.123. The van der Waals surface area contributed by atoms with E-state index in [0.717, 1.165) is 17.2 Å². The van der Waals surface area contributed by atoms with Gasteiger partial charge in [0.1, 0.15) is 5.75 Å². The maximum atomic E-state index is 12.5. The third-order valence-electron chi connectivity index (χ3n) is 5.15. The number of benzene rings is 1. The molecule has 0 aromatic heterocycles. The van der Waals surface area contributed by atoms with Gasteiger partial charge in [0.05, 0.1) is 19.7 Å². The van der Waals surface area contributed by atoms with E-state index in [1.807, 2.05) is 31.2 Å². The van der Waals surface area contributed by atoms with E-state index in [9.17, 15) is 4.79 Å². The highest BCUT2D eigenvalue weighted by Crippen LogP contribution is 2.39. The number of carbonyl (C=O) groups excluding carboxylic acids is 1. The average molecular weight is 316 g/mol. The molecule has 23 heavy (non-hydrogen) atoms. The summed E-state index contributed by atoms with van der Waals surface area (Å²) >= 11 is 0. The fraction of sp³-hybridized carbons (Fsp3) is 0.632. The second-order valence-corrected chi connectivity index (χ2v) is 7.01. The van der Waals surface area contributed by atoms with Gasteiger partial charge in [-0.1, -0.05) is 18.2 Å². The van der Waals surface area contributed by atoms with Crippen molar-refractivity contribution in [1.29, 1.82) is 0 Å². The van der Waals surface area contributed by atoms with Crippen LogP contribution in [0.1, 0.15) is 51.1 Å². The molecule has 2 unspecified atom stereocenters. The van der Waals surface area contributed by atoms with Gasteiger partial charge < -0.3 is 10.1 Å². The van der Waals surface area contributed by atoms with Crippen molar-refractivity contribution in [2.75, 3.05) is 13.7 Å². The fourth-order valence-electron chi connectivity index (χ4n) is 3.42. The van der Waals surface area contributed by atoms with Crippen molar-refractivity contribution < 1.29 is 9.53 Å². The van der Waals surface area contributed by atoms with Gasteiger partial charge in [0.25, 0.3) is 0 Å². The van der Waals surface area contributed by atoms with Crippen LogP contribution in [0.4, 0.5) is 0 Å². The molecule has 2 aliphatic rings. The Kier molecular flexibility index (Phi) is 4.90. The molecule has 1 amide bonds. The van der Waals surface area contributed by atoms with Crippen molar-refractivity contribution in [1.82, 2.24) is 10.2 Å². The third kappa shape index (κ3) is 4.05. The minimum Gasteiger partial charge on any atom is -0.496 e. The summed E-state index contributed by atoms with van der Waals surface area (Å²) < 4.78 is 5.39. The lowest BCUT2D eigenvalue weighted by atomic mass is 10.1. The molecule has 1 aromatic rings. The van der Waals surface area contributed by atoms with Crippen molar-refractivity contribution in [2.24, 2.45) is 5.92 Å². The minimum absolute atomic E-state index is 0.0454. The molecule has 4 nitrogen and oxygen atoms in total. The van der Waals surface area contributed by atoms with Gasteiger partial charge in [-0.2, -0.15) is 0 Å². The van der Waals surface area contributed by atoms with Crippen LogP contribution in [-0.4, -0.2) is 36.5 Å². The molecule has 0 heterocycles. The van der Waals surface area contributed by atoms with Crippen molar-refractivity contribution in [3.05, 3.63) is 29.8 Å². The van der Waals surface area contributed by atoms with Crippen LogP contribution in [0, 0.1) is 5.92 Å². The van der Waals surface area contributed by atoms with E-state index in [4.69, 9.17) is 4.74 Å². The number of nitrogens with one attached hydrogen (secondary N) is 1. The molecule has 2 saturated carbocycles. The van der Waals surface area contributed by atoms with Gasteiger partial charge in [-0.15, -0.1) is 0 Å². The number of rotatable bonds is 8. The van der Waals surface area contributed by atoms with Gasteiger partial charge in [0, 0.05) is 17.6 Å². The average Bonchev–Trinajstić information content (AvgIpc) is 3.43. The van der Waals surface area contributed by atoms with E-state index in [1.54, 1.807) is 7.11 Å². The summed E-state index contributed by atoms with van der Waals surface area (Å²) in [4.78, 5) is 14.9. The molecule has 0 spiro atoms. The summed E-state index contributed by atoms with van der Waals surface area (Å²) in [6.45, 7) is 4.82. The Balaban J connectivity index is 1.59. The van der Waals surface area contributed by atoms with Gasteiger partial charge in [0.15, 0.2) is 0 Å². The van der Waals surface area contributed by atoms with Crippen LogP contribution in [-0.2, 0) is 4.79 Å². The lowest BCUT2D eigenvalue weighted by Gasteiger charge is -2.29. The number of nitrogens with zero attached hydrogens (tertiary/aromatic N) is 1. The number of hydrogen-bond acceptors (Lipinski definition) is 3. The molecule has 2 aliphatic carbocycles. The Morgan fingerprint density at radius 2 is 1.96 bits per heavy atom. The summed E-state index contributed by atoms with van der Waals surface area (Å²) in [5, 5.41) is 3.14. The van der Waals surface area contributed by atoms with Crippen LogP contribution >= 0.6 is 0 Å². The highest BCUT2D eigenvalue weighted by atomic mass is 16.5. The summed E-state index contributed by atoms with van der Waals surface area (Å²) in [6.07, 6.45) is 5.13. The fourth-order valence-corrected chi connectivity index (χ4v) is 3.42. The third-order valence-corrected chi connectivity index (χ3v) is 5.15. The van der Waals surface area contributed by atoms with Crippen LogP contribution in [0.3, 0.4) is 0 Å². The Morgan fingerprint density at radius 3 is 2.57 bits per heavy atom. The molecule has 2 atom stereocenters. The molecule has 0 radical (unpaired) electrons. The quantitative estimate of drug-likeness (QED) is 0.801. The van der Waals surface area contributed by atoms with E-state index in [1.165, 1.54) is 25.7 Å². The first-order chi connectivity index (χ1) is 11.1. The first-order valence-corrected chi connectivity index (χ1v) is 8.78. The molecule has 4 heteroatoms. The molecule has 0 aliphatic heterocycles. The Morgan fingerprint density at radius 1 is 1.26 bits per heavy atom. The summed E-state index contributed by atoms with van der Waals surface area (Å²) in [5.41, 5.74) is 1.02. The first-order valence-electron chi connectivity index (χ1n) is 8.78. The number of amides is 1. The number of hydrogen-bond donors (Lipinski definition) is 1. The second-order valence-electron chi connectivity index (χ2n) is 7.01. The van der Waals surface area contributed by atoms with E-state index in [-0.39, 0.29) is 11.9 Å². The normalized spacial score (nSPS) is 20.2. The second kappa shape index (κ2) is 6.91. The lowest BCUT2D eigenvalue weighted by Crippen LogP contribution is -2.44. The number of ether oxygens (including phenoxy) is 1. The van der Waals surface area contributed by atoms with Crippen LogP contribution in [0.5, 0.6) is 5.75 Å². The highest BCUT2D eigenvalue weighted by Gasteiger charge is 2.39. The minimum atomic E-state index is -0.0454. The van der Waals surface area contributed by atoms with Crippen molar-refractivity contribution in [2.45, 2.75) is 57.7 Å². The van der Waals surface area contributed by atoms with Crippen molar-refractivity contribution in [3.8, 4) is 5.75 Å². The molecular weight excluding hydrogens is 288 g/mol. The van der Waals surface area contributed by atoms with Gasteiger partial charge in [-0.25, -0.2) is 0 Å². The predicted molar refractivity (Wildman–Crippen MR) is 91.5 cm³/mol. The van der Waals surface area contributed by atoms with Crippen LogP contribution in [0.15, 0.2) is 24.3 Å². The van der Waals surface area contributed by atoms with E-state index < -0.39 is 0 Å². The van der Waals surface area contributed by atoms with E-state index >= 15 is 0 Å². The van der Waals surface area contributed by atoms with Crippen molar-refractivity contribution in [3.63, 3.8) is 0 Å². The summed E-state index contributed by atoms with van der Waals surface area (Å²) in [7, 11) is 1.67. The largest absolute Gasteiger partial charge is 0.496 e. The number of carbonyl (C=O) groups is 1. The zero-order chi connectivity index (χ0) is 16.4.